The van der Waals surface area contributed by atoms with Crippen LogP contribution in [0.2, 0.25) is 5.02 Å². The molecule has 3 aromatic carbocycles. The molecule has 0 atom stereocenters. The molecule has 0 unspecified atom stereocenters. The van der Waals surface area contributed by atoms with Crippen LogP contribution in [0.4, 0.5) is 22.0 Å². The summed E-state index contributed by atoms with van der Waals surface area (Å²) < 4.78 is 81.6. The second-order valence-electron chi connectivity index (χ2n) is 6.81. The van der Waals surface area contributed by atoms with Gasteiger partial charge in [0.2, 0.25) is 34.9 Å². The molecule has 4 rings (SSSR count). The van der Waals surface area contributed by atoms with Crippen LogP contribution in [0, 0.1) is 29.1 Å². The number of halogens is 6. The zero-order chi connectivity index (χ0) is 24.6. The predicted octanol–water partition coefficient (Wildman–Crippen LogP) is 5.64. The number of Topliss-reactive ketones (excluding diaryl/α,β-unsaturated/α-hetero) is 1. The minimum atomic E-state index is -2.36. The van der Waals surface area contributed by atoms with E-state index >= 15 is 0 Å². The van der Waals surface area contributed by atoms with E-state index in [0.29, 0.717) is 10.6 Å². The van der Waals surface area contributed by atoms with Crippen molar-refractivity contribution in [2.24, 2.45) is 0 Å². The number of ketones is 1. The van der Waals surface area contributed by atoms with Gasteiger partial charge in [0, 0.05) is 11.1 Å². The van der Waals surface area contributed by atoms with Gasteiger partial charge in [0.25, 0.3) is 0 Å². The lowest BCUT2D eigenvalue weighted by molar-refractivity contribution is -0.136. The van der Waals surface area contributed by atoms with Crippen molar-refractivity contribution in [2.75, 3.05) is 6.61 Å². The molecular weight excluding hydrogens is 487 g/mol. The summed E-state index contributed by atoms with van der Waals surface area (Å²) in [6.07, 6.45) is 1.47. The number of ether oxygens (including phenoxy) is 3. The summed E-state index contributed by atoms with van der Waals surface area (Å²) in [5.41, 5.74) is 0.798. The number of carbonyl (C=O) groups is 2. The number of allylic oxidation sites excluding steroid dienone is 1. The monoisotopic (exact) mass is 496 g/mol. The van der Waals surface area contributed by atoms with Crippen LogP contribution in [0.3, 0.4) is 0 Å². The second kappa shape index (κ2) is 9.14. The first-order valence-corrected chi connectivity index (χ1v) is 9.72. The number of benzene rings is 3. The van der Waals surface area contributed by atoms with Gasteiger partial charge in [-0.1, -0.05) is 23.7 Å². The van der Waals surface area contributed by atoms with E-state index in [4.69, 9.17) is 21.1 Å². The summed E-state index contributed by atoms with van der Waals surface area (Å²) in [5.74, 6) is -14.6. The molecule has 0 fully saturated rings. The Morgan fingerprint density at radius 2 is 1.62 bits per heavy atom. The Kier molecular flexibility index (Phi) is 6.25. The molecule has 0 N–H and O–H groups in total. The molecule has 0 saturated heterocycles. The van der Waals surface area contributed by atoms with Crippen LogP contribution >= 0.6 is 11.6 Å². The molecule has 0 bridgehead atoms. The van der Waals surface area contributed by atoms with Gasteiger partial charge in [0.1, 0.15) is 11.5 Å². The molecule has 0 spiro atoms. The first kappa shape index (κ1) is 23.2. The van der Waals surface area contributed by atoms with Crippen LogP contribution in [0.25, 0.3) is 6.08 Å². The summed E-state index contributed by atoms with van der Waals surface area (Å²) in [6, 6.07) is 10.5. The van der Waals surface area contributed by atoms with E-state index in [1.165, 1.54) is 24.3 Å². The average molecular weight is 497 g/mol. The van der Waals surface area contributed by atoms with Gasteiger partial charge in [-0.25, -0.2) is 18.0 Å². The Balaban J connectivity index is 1.45. The van der Waals surface area contributed by atoms with Gasteiger partial charge in [-0.15, -0.1) is 0 Å². The fraction of sp³-hybridized carbons (Fsp3) is 0.0435. The maximum atomic E-state index is 13.6. The standard InChI is InChI=1S/C23H10ClF5O5/c24-11-3-1-2-10(6-11)7-15-22(31)13-5-4-12(8-14(13)34-15)33-16(30)9-32-23-20(28)18(26)17(25)19(27)21(23)29/h1-8H,9H2/b15-7-. The Bertz CT molecular complexity index is 1340. The summed E-state index contributed by atoms with van der Waals surface area (Å²) in [7, 11) is 0. The van der Waals surface area contributed by atoms with Crippen molar-refractivity contribution < 1.29 is 45.8 Å². The predicted molar refractivity (Wildman–Crippen MR) is 108 cm³/mol. The Labute approximate surface area is 192 Å². The minimum Gasteiger partial charge on any atom is -0.476 e. The third kappa shape index (κ3) is 4.44. The van der Waals surface area contributed by atoms with Gasteiger partial charge < -0.3 is 14.2 Å². The molecular formula is C23H10ClF5O5. The fourth-order valence-corrected chi connectivity index (χ4v) is 3.18. The van der Waals surface area contributed by atoms with Gasteiger partial charge in [-0.05, 0) is 35.9 Å². The van der Waals surface area contributed by atoms with Crippen LogP contribution in [-0.2, 0) is 4.79 Å². The van der Waals surface area contributed by atoms with Crippen LogP contribution in [0.5, 0.6) is 17.2 Å². The summed E-state index contributed by atoms with van der Waals surface area (Å²) >= 11 is 5.92. The van der Waals surface area contributed by atoms with E-state index in [0.717, 1.165) is 0 Å². The SMILES string of the molecule is O=C(COc1c(F)c(F)c(F)c(F)c1F)Oc1ccc2c(c1)O/C(=C\c1cccc(Cl)c1)C2=O. The number of hydrogen-bond donors (Lipinski definition) is 0. The number of carbonyl (C=O) groups excluding carboxylic acids is 2. The first-order chi connectivity index (χ1) is 16.2. The normalized spacial score (nSPS) is 13.6. The molecule has 1 aliphatic rings. The van der Waals surface area contributed by atoms with E-state index in [1.54, 1.807) is 24.3 Å². The highest BCUT2D eigenvalue weighted by Gasteiger charge is 2.29. The van der Waals surface area contributed by atoms with Gasteiger partial charge in [-0.3, -0.25) is 4.79 Å². The van der Waals surface area contributed by atoms with Crippen LogP contribution < -0.4 is 14.2 Å². The highest BCUT2D eigenvalue weighted by Crippen LogP contribution is 2.35. The lowest BCUT2D eigenvalue weighted by Crippen LogP contribution is -2.19. The molecule has 1 aliphatic heterocycles. The fourth-order valence-electron chi connectivity index (χ4n) is 2.98. The van der Waals surface area contributed by atoms with E-state index in [9.17, 15) is 31.5 Å². The van der Waals surface area contributed by atoms with Gasteiger partial charge in [0.15, 0.2) is 18.1 Å². The number of esters is 1. The Hall–Kier alpha value is -3.92. The topological polar surface area (TPSA) is 61.8 Å². The average Bonchev–Trinajstić information content (AvgIpc) is 3.10. The molecule has 0 saturated carbocycles. The summed E-state index contributed by atoms with van der Waals surface area (Å²) in [5, 5.41) is 0.458. The van der Waals surface area contributed by atoms with Gasteiger partial charge in [0.05, 0.1) is 5.56 Å². The highest BCUT2D eigenvalue weighted by molar-refractivity contribution is 6.30. The van der Waals surface area contributed by atoms with Crippen LogP contribution in [-0.4, -0.2) is 18.4 Å². The largest absolute Gasteiger partial charge is 0.476 e. The molecule has 0 amide bonds. The number of hydrogen-bond acceptors (Lipinski definition) is 5. The van der Waals surface area contributed by atoms with Crippen molar-refractivity contribution in [1.29, 1.82) is 0 Å². The molecule has 0 radical (unpaired) electrons. The molecule has 0 aliphatic carbocycles. The Morgan fingerprint density at radius 3 is 2.29 bits per heavy atom. The molecule has 3 aromatic rings. The molecule has 1 heterocycles. The number of rotatable bonds is 5. The zero-order valence-electron chi connectivity index (χ0n) is 16.6. The van der Waals surface area contributed by atoms with Gasteiger partial charge >= 0.3 is 5.97 Å². The lowest BCUT2D eigenvalue weighted by atomic mass is 10.1. The minimum absolute atomic E-state index is 0.00427. The quantitative estimate of drug-likeness (QED) is 0.114. The third-order valence-corrected chi connectivity index (χ3v) is 4.76. The van der Waals surface area contributed by atoms with Gasteiger partial charge in [-0.2, -0.15) is 8.78 Å². The highest BCUT2D eigenvalue weighted by atomic mass is 35.5. The van der Waals surface area contributed by atoms with Crippen molar-refractivity contribution in [3.63, 3.8) is 0 Å². The van der Waals surface area contributed by atoms with Crippen LogP contribution in [0.15, 0.2) is 48.2 Å². The second-order valence-corrected chi connectivity index (χ2v) is 7.25. The van der Waals surface area contributed by atoms with E-state index in [2.05, 4.69) is 4.74 Å². The van der Waals surface area contributed by atoms with Crippen LogP contribution in [0.1, 0.15) is 15.9 Å². The smallest absolute Gasteiger partial charge is 0.349 e. The van der Waals surface area contributed by atoms with Crippen molar-refractivity contribution >= 4 is 29.4 Å². The Morgan fingerprint density at radius 1 is 0.941 bits per heavy atom. The lowest BCUT2D eigenvalue weighted by Gasteiger charge is -2.10. The maximum Gasteiger partial charge on any atom is 0.349 e. The summed E-state index contributed by atoms with van der Waals surface area (Å²) in [6.45, 7) is -1.17. The van der Waals surface area contributed by atoms with E-state index in [1.807, 2.05) is 0 Å². The van der Waals surface area contributed by atoms with Crippen molar-refractivity contribution in [2.45, 2.75) is 0 Å². The van der Waals surface area contributed by atoms with E-state index < -0.39 is 53.2 Å². The third-order valence-electron chi connectivity index (χ3n) is 4.52. The molecule has 0 aromatic heterocycles. The van der Waals surface area contributed by atoms with Crippen molar-refractivity contribution in [1.82, 2.24) is 0 Å². The molecule has 11 heteroatoms. The summed E-state index contributed by atoms with van der Waals surface area (Å²) in [4.78, 5) is 24.5. The molecule has 34 heavy (non-hydrogen) atoms. The molecule has 5 nitrogen and oxygen atoms in total. The first-order valence-electron chi connectivity index (χ1n) is 9.34. The molecule has 174 valence electrons. The van der Waals surface area contributed by atoms with Crippen molar-refractivity contribution in [3.05, 3.63) is 93.5 Å². The van der Waals surface area contributed by atoms with E-state index in [-0.39, 0.29) is 22.8 Å². The number of fused-ring (bicyclic) bond motifs is 1. The van der Waals surface area contributed by atoms with Crippen molar-refractivity contribution in [3.8, 4) is 17.2 Å². The zero-order valence-corrected chi connectivity index (χ0v) is 17.4. The maximum absolute atomic E-state index is 13.6.